The van der Waals surface area contributed by atoms with Crippen LogP contribution in [0.1, 0.15) is 23.5 Å². The van der Waals surface area contributed by atoms with E-state index in [1.54, 1.807) is 0 Å². The minimum absolute atomic E-state index is 0.249. The van der Waals surface area contributed by atoms with Crippen molar-refractivity contribution >= 4 is 0 Å². The Morgan fingerprint density at radius 2 is 1.95 bits per heavy atom. The molecule has 0 amide bonds. The van der Waals surface area contributed by atoms with E-state index in [9.17, 15) is 0 Å². The molecule has 4 heteroatoms. The van der Waals surface area contributed by atoms with Gasteiger partial charge in [0.05, 0.1) is 6.61 Å². The van der Waals surface area contributed by atoms with Crippen LogP contribution in [0.15, 0.2) is 42.5 Å². The molecule has 0 aliphatic carbocycles. The molecule has 1 unspecified atom stereocenters. The van der Waals surface area contributed by atoms with Crippen molar-refractivity contribution in [3.8, 4) is 17.2 Å². The zero-order valence-electron chi connectivity index (χ0n) is 12.7. The van der Waals surface area contributed by atoms with E-state index in [4.69, 9.17) is 19.9 Å². The molecule has 1 atom stereocenters. The summed E-state index contributed by atoms with van der Waals surface area (Å²) in [5.74, 6) is 2.79. The average molecular weight is 299 g/mol. The summed E-state index contributed by atoms with van der Waals surface area (Å²) >= 11 is 0. The van der Waals surface area contributed by atoms with Crippen LogP contribution >= 0.6 is 0 Å². The predicted molar refractivity (Wildman–Crippen MR) is 85.7 cm³/mol. The largest absolute Gasteiger partial charge is 0.493 e. The van der Waals surface area contributed by atoms with Crippen LogP contribution in [-0.4, -0.2) is 19.9 Å². The molecule has 0 radical (unpaired) electrons. The molecule has 0 fully saturated rings. The minimum Gasteiger partial charge on any atom is -0.493 e. The van der Waals surface area contributed by atoms with Gasteiger partial charge in [0.2, 0.25) is 6.79 Å². The topological polar surface area (TPSA) is 53.7 Å². The van der Waals surface area contributed by atoms with Gasteiger partial charge < -0.3 is 19.9 Å². The van der Waals surface area contributed by atoms with Crippen LogP contribution < -0.4 is 19.9 Å². The second-order valence-electron chi connectivity index (χ2n) is 5.45. The number of rotatable bonds is 6. The quantitative estimate of drug-likeness (QED) is 0.889. The van der Waals surface area contributed by atoms with Crippen molar-refractivity contribution < 1.29 is 14.2 Å². The van der Waals surface area contributed by atoms with Crippen molar-refractivity contribution in [1.82, 2.24) is 0 Å². The summed E-state index contributed by atoms with van der Waals surface area (Å²) in [5, 5.41) is 0. The predicted octanol–water partition coefficient (Wildman–Crippen LogP) is 3.24. The number of hydrogen-bond acceptors (Lipinski definition) is 4. The molecule has 0 spiro atoms. The van der Waals surface area contributed by atoms with Crippen LogP contribution in [0.4, 0.5) is 0 Å². The highest BCUT2D eigenvalue weighted by molar-refractivity contribution is 5.45. The van der Waals surface area contributed by atoms with E-state index in [2.05, 4.69) is 6.07 Å². The van der Waals surface area contributed by atoms with Crippen LogP contribution in [0, 0.1) is 6.92 Å². The molecule has 1 aliphatic rings. The Morgan fingerprint density at radius 3 is 2.77 bits per heavy atom. The number of aryl methyl sites for hydroxylation is 1. The third-order valence-electron chi connectivity index (χ3n) is 3.97. The number of hydrogen-bond donors (Lipinski definition) is 1. The van der Waals surface area contributed by atoms with E-state index >= 15 is 0 Å². The van der Waals surface area contributed by atoms with Crippen LogP contribution in [0.25, 0.3) is 0 Å². The number of fused-ring (bicyclic) bond motifs is 1. The summed E-state index contributed by atoms with van der Waals surface area (Å²) in [6.45, 7) is 3.56. The van der Waals surface area contributed by atoms with Gasteiger partial charge in [0.25, 0.3) is 0 Å². The number of nitrogens with two attached hydrogens (primary N) is 1. The van der Waals surface area contributed by atoms with Crippen LogP contribution in [-0.2, 0) is 0 Å². The Morgan fingerprint density at radius 1 is 1.14 bits per heavy atom. The Bertz CT molecular complexity index is 642. The lowest BCUT2D eigenvalue weighted by molar-refractivity contribution is 0.174. The third-order valence-corrected chi connectivity index (χ3v) is 3.97. The zero-order valence-corrected chi connectivity index (χ0v) is 12.7. The molecular formula is C18H21NO3. The fourth-order valence-electron chi connectivity index (χ4n) is 2.62. The summed E-state index contributed by atoms with van der Waals surface area (Å²) in [5.41, 5.74) is 8.25. The molecule has 2 N–H and O–H groups in total. The maximum absolute atomic E-state index is 5.93. The second-order valence-corrected chi connectivity index (χ2v) is 5.45. The van der Waals surface area contributed by atoms with E-state index in [0.717, 1.165) is 29.2 Å². The Hall–Kier alpha value is -2.20. The van der Waals surface area contributed by atoms with Crippen LogP contribution in [0.3, 0.4) is 0 Å². The van der Waals surface area contributed by atoms with Gasteiger partial charge in [-0.25, -0.2) is 0 Å². The lowest BCUT2D eigenvalue weighted by atomic mass is 9.96. The zero-order chi connectivity index (χ0) is 15.4. The molecular weight excluding hydrogens is 278 g/mol. The first-order valence-electron chi connectivity index (χ1n) is 7.56. The fourth-order valence-corrected chi connectivity index (χ4v) is 2.62. The van der Waals surface area contributed by atoms with Gasteiger partial charge in [0.15, 0.2) is 11.5 Å². The lowest BCUT2D eigenvalue weighted by Gasteiger charge is -2.17. The highest BCUT2D eigenvalue weighted by atomic mass is 16.7. The van der Waals surface area contributed by atoms with Crippen molar-refractivity contribution in [1.29, 1.82) is 0 Å². The van der Waals surface area contributed by atoms with Gasteiger partial charge in [0.1, 0.15) is 5.75 Å². The summed E-state index contributed by atoms with van der Waals surface area (Å²) in [7, 11) is 0. The number of para-hydroxylation sites is 1. The molecule has 1 heterocycles. The highest BCUT2D eigenvalue weighted by Gasteiger charge is 2.17. The van der Waals surface area contributed by atoms with E-state index < -0.39 is 0 Å². The summed E-state index contributed by atoms with van der Waals surface area (Å²) < 4.78 is 16.6. The molecule has 0 saturated carbocycles. The Labute approximate surface area is 130 Å². The lowest BCUT2D eigenvalue weighted by Crippen LogP contribution is -2.15. The van der Waals surface area contributed by atoms with Crippen molar-refractivity contribution in [2.24, 2.45) is 5.73 Å². The molecule has 22 heavy (non-hydrogen) atoms. The molecule has 3 rings (SSSR count). The van der Waals surface area contributed by atoms with Gasteiger partial charge in [-0.3, -0.25) is 0 Å². The first-order valence-corrected chi connectivity index (χ1v) is 7.56. The van der Waals surface area contributed by atoms with Gasteiger partial charge in [-0.15, -0.1) is 0 Å². The maximum atomic E-state index is 5.93. The standard InChI is InChI=1S/C18H21NO3/c1-13-4-2-3-5-16(13)20-9-8-15(11-19)14-6-7-17-18(10-14)22-12-21-17/h2-7,10,15H,8-9,11-12,19H2,1H3. The van der Waals surface area contributed by atoms with Crippen LogP contribution in [0.2, 0.25) is 0 Å². The van der Waals surface area contributed by atoms with E-state index in [1.807, 2.05) is 43.3 Å². The smallest absolute Gasteiger partial charge is 0.231 e. The van der Waals surface area contributed by atoms with E-state index in [-0.39, 0.29) is 5.92 Å². The molecule has 4 nitrogen and oxygen atoms in total. The van der Waals surface area contributed by atoms with Crippen molar-refractivity contribution in [2.45, 2.75) is 19.3 Å². The average Bonchev–Trinajstić information content (AvgIpc) is 3.01. The van der Waals surface area contributed by atoms with Crippen molar-refractivity contribution in [2.75, 3.05) is 19.9 Å². The maximum Gasteiger partial charge on any atom is 0.231 e. The molecule has 0 saturated heterocycles. The molecule has 116 valence electrons. The number of ether oxygens (including phenoxy) is 3. The van der Waals surface area contributed by atoms with Gasteiger partial charge in [-0.1, -0.05) is 24.3 Å². The number of benzene rings is 2. The van der Waals surface area contributed by atoms with E-state index in [0.29, 0.717) is 19.9 Å². The summed E-state index contributed by atoms with van der Waals surface area (Å²) in [6.07, 6.45) is 0.866. The third kappa shape index (κ3) is 3.17. The monoisotopic (exact) mass is 299 g/mol. The van der Waals surface area contributed by atoms with Gasteiger partial charge in [-0.2, -0.15) is 0 Å². The first-order chi connectivity index (χ1) is 10.8. The highest BCUT2D eigenvalue weighted by Crippen LogP contribution is 2.35. The summed E-state index contributed by atoms with van der Waals surface area (Å²) in [6, 6.07) is 14.1. The SMILES string of the molecule is Cc1ccccc1OCCC(CN)c1ccc2c(c1)OCO2. The normalized spacial score (nSPS) is 13.9. The Balaban J connectivity index is 1.61. The molecule has 2 aromatic carbocycles. The molecule has 0 bridgehead atoms. The molecule has 2 aromatic rings. The fraction of sp³-hybridized carbons (Fsp3) is 0.333. The molecule has 0 aromatic heterocycles. The Kier molecular flexibility index (Phi) is 4.49. The first kappa shape index (κ1) is 14.7. The van der Waals surface area contributed by atoms with E-state index in [1.165, 1.54) is 5.56 Å². The van der Waals surface area contributed by atoms with Crippen molar-refractivity contribution in [3.63, 3.8) is 0 Å². The van der Waals surface area contributed by atoms with Crippen molar-refractivity contribution in [3.05, 3.63) is 53.6 Å². The van der Waals surface area contributed by atoms with Gasteiger partial charge >= 0.3 is 0 Å². The van der Waals surface area contributed by atoms with Crippen LogP contribution in [0.5, 0.6) is 17.2 Å². The van der Waals surface area contributed by atoms with Gasteiger partial charge in [0, 0.05) is 0 Å². The minimum atomic E-state index is 0.249. The summed E-state index contributed by atoms with van der Waals surface area (Å²) in [4.78, 5) is 0. The second kappa shape index (κ2) is 6.71. The molecule has 1 aliphatic heterocycles. The van der Waals surface area contributed by atoms with Gasteiger partial charge in [-0.05, 0) is 55.1 Å².